The van der Waals surface area contributed by atoms with Crippen molar-refractivity contribution in [1.29, 1.82) is 0 Å². The number of nitrogens with one attached hydrogen (secondary N) is 5. The van der Waals surface area contributed by atoms with Gasteiger partial charge in [-0.15, -0.1) is 0 Å². The van der Waals surface area contributed by atoms with Crippen LogP contribution in [0.4, 0.5) is 0 Å². The van der Waals surface area contributed by atoms with Gasteiger partial charge in [0.05, 0.1) is 6.04 Å². The topological polar surface area (TPSA) is 190 Å². The fourth-order valence-electron chi connectivity index (χ4n) is 5.04. The van der Waals surface area contributed by atoms with E-state index in [-0.39, 0.29) is 25.2 Å². The van der Waals surface area contributed by atoms with Crippen LogP contribution in [0.1, 0.15) is 36.8 Å². The molecular weight excluding hydrogens is 542 g/mol. The smallest absolute Gasteiger partial charge is 0.326 e. The average molecular weight is 578 g/mol. The first-order valence-corrected chi connectivity index (χ1v) is 13.9. The van der Waals surface area contributed by atoms with Crippen molar-refractivity contribution in [2.24, 2.45) is 0 Å². The van der Waals surface area contributed by atoms with E-state index in [1.165, 1.54) is 0 Å². The third kappa shape index (κ3) is 8.16. The number of carboxylic acid groups (broad SMARTS) is 2. The number of carbonyl (C=O) groups excluding carboxylic acids is 3. The van der Waals surface area contributed by atoms with E-state index in [2.05, 4.69) is 26.3 Å². The number of benzene rings is 2. The maximum atomic E-state index is 13.7. The van der Waals surface area contributed by atoms with Crippen LogP contribution in [0.15, 0.2) is 60.8 Å². The number of aromatic amines is 1. The van der Waals surface area contributed by atoms with Crippen molar-refractivity contribution in [2.45, 2.75) is 62.7 Å². The Morgan fingerprint density at radius 2 is 1.50 bits per heavy atom. The quantitative estimate of drug-likeness (QED) is 0.148. The number of rotatable bonds is 14. The molecule has 12 heteroatoms. The van der Waals surface area contributed by atoms with Gasteiger partial charge in [0.25, 0.3) is 0 Å². The van der Waals surface area contributed by atoms with Gasteiger partial charge in [-0.2, -0.15) is 0 Å². The predicted octanol–water partition coefficient (Wildman–Crippen LogP) is 1.11. The Balaban J connectivity index is 1.58. The molecular formula is C30H35N5O7. The van der Waals surface area contributed by atoms with Crippen LogP contribution in [0.5, 0.6) is 0 Å². The van der Waals surface area contributed by atoms with Crippen LogP contribution in [0.25, 0.3) is 10.9 Å². The van der Waals surface area contributed by atoms with Gasteiger partial charge in [-0.3, -0.25) is 19.2 Å². The largest absolute Gasteiger partial charge is 0.481 e. The highest BCUT2D eigenvalue weighted by atomic mass is 16.4. The number of aromatic nitrogens is 1. The molecule has 1 aliphatic rings. The van der Waals surface area contributed by atoms with E-state index in [4.69, 9.17) is 5.11 Å². The number of amides is 3. The van der Waals surface area contributed by atoms with Gasteiger partial charge in [-0.05, 0) is 43.0 Å². The summed E-state index contributed by atoms with van der Waals surface area (Å²) in [5, 5.41) is 30.5. The third-order valence-electron chi connectivity index (χ3n) is 7.29. The number of aliphatic carboxylic acids is 2. The minimum absolute atomic E-state index is 0.0169. The maximum Gasteiger partial charge on any atom is 0.326 e. The first-order valence-electron chi connectivity index (χ1n) is 13.9. The first-order chi connectivity index (χ1) is 20.2. The molecule has 0 bridgehead atoms. The zero-order valence-electron chi connectivity index (χ0n) is 23.0. The molecule has 42 heavy (non-hydrogen) atoms. The van der Waals surface area contributed by atoms with E-state index in [0.717, 1.165) is 22.9 Å². The summed E-state index contributed by atoms with van der Waals surface area (Å²) in [6, 6.07) is 12.4. The molecule has 1 fully saturated rings. The Kier molecular flexibility index (Phi) is 10.3. The maximum absolute atomic E-state index is 13.7. The second kappa shape index (κ2) is 14.3. The van der Waals surface area contributed by atoms with Crippen LogP contribution in [0.3, 0.4) is 0 Å². The summed E-state index contributed by atoms with van der Waals surface area (Å²) in [5.74, 6) is -4.30. The number of carbonyl (C=O) groups is 5. The molecule has 7 N–H and O–H groups in total. The van der Waals surface area contributed by atoms with Gasteiger partial charge in [0, 0.05) is 36.4 Å². The summed E-state index contributed by atoms with van der Waals surface area (Å²) in [6.07, 6.45) is 2.59. The molecule has 0 radical (unpaired) electrons. The second-order valence-corrected chi connectivity index (χ2v) is 10.4. The van der Waals surface area contributed by atoms with Gasteiger partial charge in [-0.25, -0.2) is 4.79 Å². The van der Waals surface area contributed by atoms with Gasteiger partial charge in [0.1, 0.15) is 18.1 Å². The van der Waals surface area contributed by atoms with E-state index < -0.39 is 54.3 Å². The fraction of sp³-hybridized carbons (Fsp3) is 0.367. The minimum Gasteiger partial charge on any atom is -0.481 e. The summed E-state index contributed by atoms with van der Waals surface area (Å²) in [4.78, 5) is 66.1. The number of carboxylic acids is 2. The highest BCUT2D eigenvalue weighted by Gasteiger charge is 2.32. The normalized spacial score (nSPS) is 16.7. The van der Waals surface area contributed by atoms with Crippen LogP contribution in [0, 0.1) is 0 Å². The summed E-state index contributed by atoms with van der Waals surface area (Å²) in [5.41, 5.74) is 2.33. The molecule has 4 atom stereocenters. The van der Waals surface area contributed by atoms with Crippen LogP contribution < -0.4 is 21.3 Å². The van der Waals surface area contributed by atoms with E-state index in [1.807, 2.05) is 54.6 Å². The lowest BCUT2D eigenvalue weighted by molar-refractivity contribution is -0.143. The molecule has 2 aromatic carbocycles. The van der Waals surface area contributed by atoms with Gasteiger partial charge in [-0.1, -0.05) is 48.5 Å². The van der Waals surface area contributed by atoms with Crippen molar-refractivity contribution in [3.63, 3.8) is 0 Å². The molecule has 0 aliphatic carbocycles. The molecule has 1 aliphatic heterocycles. The average Bonchev–Trinajstić information content (AvgIpc) is 3.66. The highest BCUT2D eigenvalue weighted by molar-refractivity contribution is 5.95. The number of para-hydroxylation sites is 1. The highest BCUT2D eigenvalue weighted by Crippen LogP contribution is 2.19. The zero-order valence-corrected chi connectivity index (χ0v) is 23.0. The van der Waals surface area contributed by atoms with Gasteiger partial charge < -0.3 is 36.5 Å². The molecule has 1 saturated heterocycles. The molecule has 0 saturated carbocycles. The summed E-state index contributed by atoms with van der Waals surface area (Å²) < 4.78 is 0. The summed E-state index contributed by atoms with van der Waals surface area (Å²) >= 11 is 0. The third-order valence-corrected chi connectivity index (χ3v) is 7.29. The lowest BCUT2D eigenvalue weighted by Gasteiger charge is -2.25. The van der Waals surface area contributed by atoms with E-state index in [0.29, 0.717) is 18.5 Å². The van der Waals surface area contributed by atoms with Gasteiger partial charge in [0.15, 0.2) is 0 Å². The van der Waals surface area contributed by atoms with Crippen LogP contribution in [0.2, 0.25) is 0 Å². The van der Waals surface area contributed by atoms with Crippen molar-refractivity contribution in [3.8, 4) is 0 Å². The van der Waals surface area contributed by atoms with Crippen molar-refractivity contribution in [2.75, 3.05) is 6.54 Å². The molecule has 3 amide bonds. The molecule has 4 rings (SSSR count). The SMILES string of the molecule is O=C(O)CCC(NC(=O)C(Cc1c[nH]c2ccccc12)NC(=O)C(Cc1ccccc1)NC(=O)C1CCCN1)C(=O)O. The van der Waals surface area contributed by atoms with Crippen LogP contribution >= 0.6 is 0 Å². The molecule has 12 nitrogen and oxygen atoms in total. The Morgan fingerprint density at radius 1 is 0.833 bits per heavy atom. The number of fused-ring (bicyclic) bond motifs is 1. The van der Waals surface area contributed by atoms with Gasteiger partial charge >= 0.3 is 11.9 Å². The molecule has 4 unspecified atom stereocenters. The predicted molar refractivity (Wildman–Crippen MR) is 153 cm³/mol. The lowest BCUT2D eigenvalue weighted by Crippen LogP contribution is -2.58. The fourth-order valence-corrected chi connectivity index (χ4v) is 5.04. The second-order valence-electron chi connectivity index (χ2n) is 10.4. The Hall–Kier alpha value is -4.71. The van der Waals surface area contributed by atoms with Crippen molar-refractivity contribution < 1.29 is 34.2 Å². The van der Waals surface area contributed by atoms with Crippen molar-refractivity contribution in [3.05, 3.63) is 71.9 Å². The van der Waals surface area contributed by atoms with Crippen molar-refractivity contribution in [1.82, 2.24) is 26.3 Å². The number of hydrogen-bond acceptors (Lipinski definition) is 6. The van der Waals surface area contributed by atoms with Crippen molar-refractivity contribution >= 4 is 40.6 Å². The van der Waals surface area contributed by atoms with Crippen LogP contribution in [-0.2, 0) is 36.8 Å². The Morgan fingerprint density at radius 3 is 2.17 bits per heavy atom. The number of hydrogen-bond donors (Lipinski definition) is 7. The van der Waals surface area contributed by atoms with Gasteiger partial charge in [0.2, 0.25) is 17.7 Å². The van der Waals surface area contributed by atoms with Crippen LogP contribution in [-0.4, -0.2) is 75.6 Å². The van der Waals surface area contributed by atoms with E-state index in [9.17, 15) is 29.1 Å². The Bertz CT molecular complexity index is 1420. The van der Waals surface area contributed by atoms with E-state index >= 15 is 0 Å². The Labute approximate surface area is 242 Å². The molecule has 2 heterocycles. The number of H-pyrrole nitrogens is 1. The molecule has 222 valence electrons. The monoisotopic (exact) mass is 577 g/mol. The standard InChI is InChI=1S/C30H35N5O7/c36-26(37)13-12-23(30(41)42)33-29(40)25(16-19-17-32-21-10-5-4-9-20(19)21)35-28(39)24(15-18-7-2-1-3-8-18)34-27(38)22-11-6-14-31-22/h1-5,7-10,17,22-25,31-32H,6,11-16H2,(H,33,40)(H,34,38)(H,35,39)(H,36,37)(H,41,42). The van der Waals surface area contributed by atoms with E-state index in [1.54, 1.807) is 6.20 Å². The zero-order chi connectivity index (χ0) is 30.1. The lowest BCUT2D eigenvalue weighted by atomic mass is 10.0. The summed E-state index contributed by atoms with van der Waals surface area (Å²) in [7, 11) is 0. The molecule has 1 aromatic heterocycles. The molecule has 3 aromatic rings. The molecule has 0 spiro atoms. The minimum atomic E-state index is -1.47. The first kappa shape index (κ1) is 30.3. The summed E-state index contributed by atoms with van der Waals surface area (Å²) in [6.45, 7) is 0.702.